The number of benzene rings is 2. The van der Waals surface area contributed by atoms with Crippen LogP contribution in [0.15, 0.2) is 64.4 Å². The molecule has 0 aliphatic rings. The maximum absolute atomic E-state index is 13.1. The number of nitrogens with one attached hydrogen (secondary N) is 1. The smallest absolute Gasteiger partial charge is 0.270 e. The van der Waals surface area contributed by atoms with Crippen molar-refractivity contribution in [3.8, 4) is 0 Å². The zero-order valence-electron chi connectivity index (χ0n) is 16.3. The number of aromatic amines is 1. The van der Waals surface area contributed by atoms with Crippen LogP contribution in [0.2, 0.25) is 5.02 Å². The Labute approximate surface area is 179 Å². The van der Waals surface area contributed by atoms with E-state index in [1.165, 1.54) is 24.0 Å². The second-order valence-corrected chi connectivity index (χ2v) is 9.12. The number of aromatic nitrogens is 1. The first-order chi connectivity index (χ1) is 14.1. The van der Waals surface area contributed by atoms with Crippen LogP contribution in [0.3, 0.4) is 0 Å². The summed E-state index contributed by atoms with van der Waals surface area (Å²) in [5.74, 6) is -1.45. The lowest BCUT2D eigenvalue weighted by Crippen LogP contribution is -2.27. The van der Waals surface area contributed by atoms with Gasteiger partial charge in [-0.1, -0.05) is 41.9 Å². The van der Waals surface area contributed by atoms with Crippen molar-refractivity contribution in [2.75, 3.05) is 7.05 Å². The Morgan fingerprint density at radius 3 is 2.33 bits per heavy atom. The summed E-state index contributed by atoms with van der Waals surface area (Å²) in [6.07, 6.45) is 0. The van der Waals surface area contributed by atoms with Crippen LogP contribution in [0.4, 0.5) is 0 Å². The molecule has 9 heteroatoms. The van der Waals surface area contributed by atoms with Gasteiger partial charge >= 0.3 is 0 Å². The maximum Gasteiger partial charge on any atom is 0.270 e. The van der Waals surface area contributed by atoms with Crippen LogP contribution in [0, 0.1) is 6.92 Å². The molecule has 0 radical (unpaired) electrons. The highest BCUT2D eigenvalue weighted by Gasteiger charge is 2.32. The minimum absolute atomic E-state index is 0.000816. The minimum Gasteiger partial charge on any atom is -0.364 e. The molecule has 3 aromatic rings. The summed E-state index contributed by atoms with van der Waals surface area (Å²) in [6.45, 7) is 1.71. The molecule has 7 nitrogen and oxygen atoms in total. The normalized spacial score (nSPS) is 11.3. The summed E-state index contributed by atoms with van der Waals surface area (Å²) in [5.41, 5.74) is 6.01. The number of rotatable bonds is 6. The minimum atomic E-state index is -4.07. The van der Waals surface area contributed by atoms with E-state index in [2.05, 4.69) is 4.98 Å². The highest BCUT2D eigenvalue weighted by atomic mass is 35.5. The average molecular weight is 446 g/mol. The number of sulfone groups is 1. The van der Waals surface area contributed by atoms with Crippen LogP contribution in [0.25, 0.3) is 0 Å². The summed E-state index contributed by atoms with van der Waals surface area (Å²) in [5, 5.41) is 0.539. The largest absolute Gasteiger partial charge is 0.364 e. The topological polar surface area (TPSA) is 113 Å². The molecule has 0 bridgehead atoms. The second kappa shape index (κ2) is 8.33. The molecule has 0 spiro atoms. The number of nitrogens with zero attached hydrogens (tertiary/aromatic N) is 1. The van der Waals surface area contributed by atoms with Gasteiger partial charge in [0.25, 0.3) is 11.8 Å². The lowest BCUT2D eigenvalue weighted by atomic mass is 10.2. The fourth-order valence-corrected chi connectivity index (χ4v) is 5.08. The zero-order chi connectivity index (χ0) is 22.1. The molecular weight excluding hydrogens is 426 g/mol. The van der Waals surface area contributed by atoms with Crippen molar-refractivity contribution >= 4 is 33.3 Å². The zero-order valence-corrected chi connectivity index (χ0v) is 17.9. The molecule has 0 saturated heterocycles. The standard InChI is InChI=1S/C21H20ClN3O4S/c1-13-17(21(27)25(2)12-14-7-6-8-15(22)11-14)24-18(20(23)26)19(13)30(28,29)16-9-4-3-5-10-16/h3-11,24H,12H2,1-2H3,(H2,23,26). The van der Waals surface area contributed by atoms with Gasteiger partial charge < -0.3 is 15.6 Å². The van der Waals surface area contributed by atoms with Crippen LogP contribution >= 0.6 is 11.6 Å². The van der Waals surface area contributed by atoms with E-state index in [9.17, 15) is 18.0 Å². The van der Waals surface area contributed by atoms with Gasteiger partial charge in [0.1, 0.15) is 16.3 Å². The number of hydrogen-bond donors (Lipinski definition) is 2. The van der Waals surface area contributed by atoms with Crippen LogP contribution in [-0.4, -0.2) is 37.2 Å². The molecule has 2 aromatic carbocycles. The molecule has 0 atom stereocenters. The molecule has 0 fully saturated rings. The van der Waals surface area contributed by atoms with Crippen molar-refractivity contribution in [3.63, 3.8) is 0 Å². The van der Waals surface area contributed by atoms with E-state index < -0.39 is 21.7 Å². The van der Waals surface area contributed by atoms with E-state index in [-0.39, 0.29) is 33.3 Å². The van der Waals surface area contributed by atoms with Gasteiger partial charge in [-0.15, -0.1) is 0 Å². The van der Waals surface area contributed by atoms with E-state index >= 15 is 0 Å². The Kier molecular flexibility index (Phi) is 6.00. The Hall–Kier alpha value is -3.10. The van der Waals surface area contributed by atoms with Crippen LogP contribution in [0.1, 0.15) is 32.1 Å². The van der Waals surface area contributed by atoms with Crippen LogP contribution in [-0.2, 0) is 16.4 Å². The first kappa shape index (κ1) is 21.6. The van der Waals surface area contributed by atoms with Crippen molar-refractivity contribution in [2.45, 2.75) is 23.3 Å². The van der Waals surface area contributed by atoms with E-state index in [1.807, 2.05) is 6.07 Å². The van der Waals surface area contributed by atoms with E-state index in [4.69, 9.17) is 17.3 Å². The maximum atomic E-state index is 13.1. The number of halogens is 1. The third-order valence-electron chi connectivity index (χ3n) is 4.63. The van der Waals surface area contributed by atoms with Crippen molar-refractivity contribution in [2.24, 2.45) is 5.73 Å². The van der Waals surface area contributed by atoms with Crippen LogP contribution < -0.4 is 5.73 Å². The molecule has 2 amide bonds. The predicted molar refractivity (Wildman–Crippen MR) is 113 cm³/mol. The van der Waals surface area contributed by atoms with Crippen molar-refractivity contribution in [3.05, 3.63) is 82.1 Å². The van der Waals surface area contributed by atoms with Gasteiger partial charge in [-0.25, -0.2) is 8.42 Å². The summed E-state index contributed by atoms with van der Waals surface area (Å²) >= 11 is 5.99. The quantitative estimate of drug-likeness (QED) is 0.606. The summed E-state index contributed by atoms with van der Waals surface area (Å²) < 4.78 is 26.3. The molecule has 0 aliphatic carbocycles. The molecule has 156 valence electrons. The fourth-order valence-electron chi connectivity index (χ4n) is 3.19. The van der Waals surface area contributed by atoms with Gasteiger partial charge in [0, 0.05) is 18.6 Å². The molecule has 3 rings (SSSR count). The highest BCUT2D eigenvalue weighted by molar-refractivity contribution is 7.91. The van der Waals surface area contributed by atoms with E-state index in [1.54, 1.807) is 43.4 Å². The van der Waals surface area contributed by atoms with Gasteiger partial charge in [0.05, 0.1) is 4.90 Å². The van der Waals surface area contributed by atoms with Gasteiger partial charge in [-0.05, 0) is 42.3 Å². The third-order valence-corrected chi connectivity index (χ3v) is 6.81. The number of carbonyl (C=O) groups excluding carboxylic acids is 2. The molecule has 3 N–H and O–H groups in total. The molecule has 0 saturated carbocycles. The molecule has 1 heterocycles. The number of hydrogen-bond acceptors (Lipinski definition) is 4. The van der Waals surface area contributed by atoms with Crippen molar-refractivity contribution < 1.29 is 18.0 Å². The number of H-pyrrole nitrogens is 1. The number of nitrogens with two attached hydrogens (primary N) is 1. The van der Waals surface area contributed by atoms with Crippen LogP contribution in [0.5, 0.6) is 0 Å². The van der Waals surface area contributed by atoms with Gasteiger partial charge in [-0.3, -0.25) is 9.59 Å². The highest BCUT2D eigenvalue weighted by Crippen LogP contribution is 2.30. The second-order valence-electron chi connectivity index (χ2n) is 6.80. The lowest BCUT2D eigenvalue weighted by molar-refractivity contribution is 0.0779. The molecular formula is C21H20ClN3O4S. The summed E-state index contributed by atoms with van der Waals surface area (Å²) in [6, 6.07) is 14.7. The van der Waals surface area contributed by atoms with Gasteiger partial charge in [0.15, 0.2) is 0 Å². The summed E-state index contributed by atoms with van der Waals surface area (Å²) in [7, 11) is -2.50. The number of amides is 2. The monoisotopic (exact) mass is 445 g/mol. The SMILES string of the molecule is Cc1c(C(=O)N(C)Cc2cccc(Cl)c2)[nH]c(C(N)=O)c1S(=O)(=O)c1ccccc1. The summed E-state index contributed by atoms with van der Waals surface area (Å²) in [4.78, 5) is 28.7. The predicted octanol–water partition coefficient (Wildman–Crippen LogP) is 3.18. The molecule has 0 unspecified atom stereocenters. The average Bonchev–Trinajstić information content (AvgIpc) is 3.06. The Morgan fingerprint density at radius 2 is 1.73 bits per heavy atom. The van der Waals surface area contributed by atoms with Gasteiger partial charge in [-0.2, -0.15) is 0 Å². The van der Waals surface area contributed by atoms with E-state index in [0.29, 0.717) is 5.02 Å². The molecule has 30 heavy (non-hydrogen) atoms. The van der Waals surface area contributed by atoms with Gasteiger partial charge in [0.2, 0.25) is 9.84 Å². The van der Waals surface area contributed by atoms with Crippen molar-refractivity contribution in [1.82, 2.24) is 9.88 Å². The first-order valence-electron chi connectivity index (χ1n) is 8.95. The lowest BCUT2D eigenvalue weighted by Gasteiger charge is -2.17. The molecule has 1 aromatic heterocycles. The van der Waals surface area contributed by atoms with Crippen molar-refractivity contribution in [1.29, 1.82) is 0 Å². The fraction of sp³-hybridized carbons (Fsp3) is 0.143. The first-order valence-corrected chi connectivity index (χ1v) is 10.8. The third kappa shape index (κ3) is 4.10. The number of carbonyl (C=O) groups is 2. The van der Waals surface area contributed by atoms with E-state index in [0.717, 1.165) is 5.56 Å². The Balaban J connectivity index is 2.04. The Morgan fingerprint density at radius 1 is 1.07 bits per heavy atom. The molecule has 0 aliphatic heterocycles. The Bertz CT molecular complexity index is 1220. The number of primary amides is 1.